The number of hydrogen-bond acceptors (Lipinski definition) is 7. The molecule has 2 atom stereocenters. The van der Waals surface area contributed by atoms with Crippen LogP contribution in [0.4, 0.5) is 4.79 Å². The molecule has 0 spiro atoms. The lowest BCUT2D eigenvalue weighted by molar-refractivity contribution is -0.110. The van der Waals surface area contributed by atoms with Crippen LogP contribution < -0.4 is 5.32 Å². The number of fused-ring (bicyclic) bond motifs is 1. The Balaban J connectivity index is 1.66. The van der Waals surface area contributed by atoms with Crippen LogP contribution in [0.3, 0.4) is 0 Å². The lowest BCUT2D eigenvalue weighted by atomic mass is 9.84. The summed E-state index contributed by atoms with van der Waals surface area (Å²) in [5.41, 5.74) is 6.85. The Kier molecular flexibility index (Phi) is 10.7. The lowest BCUT2D eigenvalue weighted by Gasteiger charge is -2.30. The van der Waals surface area contributed by atoms with Crippen LogP contribution in [0.2, 0.25) is 0 Å². The minimum Gasteiger partial charge on any atom is -0.444 e. The van der Waals surface area contributed by atoms with E-state index >= 15 is 0 Å². The van der Waals surface area contributed by atoms with E-state index in [0.29, 0.717) is 19.7 Å². The second kappa shape index (κ2) is 14.1. The molecule has 0 unspecified atom stereocenters. The predicted octanol–water partition coefficient (Wildman–Crippen LogP) is 6.33. The molecule has 9 heteroatoms. The number of amides is 1. The van der Waals surface area contributed by atoms with Gasteiger partial charge in [0.25, 0.3) is 0 Å². The summed E-state index contributed by atoms with van der Waals surface area (Å²) >= 11 is 0. The largest absolute Gasteiger partial charge is 0.444 e. The molecule has 2 aromatic heterocycles. The highest BCUT2D eigenvalue weighted by atomic mass is 16.6. The van der Waals surface area contributed by atoms with Gasteiger partial charge in [0.1, 0.15) is 17.9 Å². The summed E-state index contributed by atoms with van der Waals surface area (Å²) in [6.07, 6.45) is 5.77. The zero-order chi connectivity index (χ0) is 32.1. The Morgan fingerprint density at radius 3 is 2.64 bits per heavy atom. The SMILES string of the molecule is COCC(C)(C)Cc1c(-c2cccnc2[C@H](C)OC)[nH]c2ccc(C3=CCCN(C[C@@H](C=O)NC(=O)OC(C)(C)C)C3)cc12. The number of aldehydes is 1. The molecule has 0 saturated heterocycles. The molecular weight excluding hydrogens is 556 g/mol. The second-order valence-corrected chi connectivity index (χ2v) is 13.5. The molecule has 0 aliphatic carbocycles. The first-order valence-electron chi connectivity index (χ1n) is 15.3. The highest BCUT2D eigenvalue weighted by molar-refractivity contribution is 5.93. The number of nitrogens with zero attached hydrogens (tertiary/aromatic N) is 2. The first-order valence-corrected chi connectivity index (χ1v) is 15.3. The number of hydrogen-bond donors (Lipinski definition) is 2. The van der Waals surface area contributed by atoms with Crippen molar-refractivity contribution in [2.75, 3.05) is 40.5 Å². The third-order valence-electron chi connectivity index (χ3n) is 7.87. The van der Waals surface area contributed by atoms with Gasteiger partial charge in [-0.15, -0.1) is 0 Å². The Labute approximate surface area is 261 Å². The number of benzene rings is 1. The number of aromatic amines is 1. The third kappa shape index (κ3) is 8.34. The summed E-state index contributed by atoms with van der Waals surface area (Å²) in [5, 5.41) is 3.87. The van der Waals surface area contributed by atoms with E-state index in [0.717, 1.165) is 59.1 Å². The van der Waals surface area contributed by atoms with Crippen molar-refractivity contribution in [1.82, 2.24) is 20.2 Å². The van der Waals surface area contributed by atoms with Gasteiger partial charge >= 0.3 is 6.09 Å². The Morgan fingerprint density at radius 2 is 1.95 bits per heavy atom. The van der Waals surface area contributed by atoms with Gasteiger partial charge in [0, 0.05) is 56.5 Å². The molecule has 9 nitrogen and oxygen atoms in total. The molecule has 0 bridgehead atoms. The zero-order valence-electron chi connectivity index (χ0n) is 27.5. The summed E-state index contributed by atoms with van der Waals surface area (Å²) < 4.78 is 16.6. The molecule has 3 aromatic rings. The predicted molar refractivity (Wildman–Crippen MR) is 175 cm³/mol. The quantitative estimate of drug-likeness (QED) is 0.233. The van der Waals surface area contributed by atoms with E-state index in [1.807, 2.05) is 19.2 Å². The van der Waals surface area contributed by atoms with Crippen LogP contribution in [-0.4, -0.2) is 79.4 Å². The summed E-state index contributed by atoms with van der Waals surface area (Å²) in [6, 6.07) is 9.99. The van der Waals surface area contributed by atoms with Gasteiger partial charge in [-0.3, -0.25) is 9.88 Å². The van der Waals surface area contributed by atoms with Crippen molar-refractivity contribution >= 4 is 28.9 Å². The number of nitrogens with one attached hydrogen (secondary N) is 2. The molecular formula is C35H48N4O5. The number of carbonyl (C=O) groups excluding carboxylic acids is 2. The maximum atomic E-state index is 12.3. The molecule has 2 N–H and O–H groups in total. The van der Waals surface area contributed by atoms with E-state index in [-0.39, 0.29) is 11.5 Å². The van der Waals surface area contributed by atoms with Crippen molar-refractivity contribution < 1.29 is 23.8 Å². The first-order chi connectivity index (χ1) is 20.8. The van der Waals surface area contributed by atoms with Gasteiger partial charge in [-0.1, -0.05) is 26.0 Å². The first kappa shape index (κ1) is 33.4. The zero-order valence-corrected chi connectivity index (χ0v) is 27.5. The van der Waals surface area contributed by atoms with Gasteiger partial charge in [0.05, 0.1) is 24.1 Å². The van der Waals surface area contributed by atoms with Crippen molar-refractivity contribution in [2.45, 2.75) is 72.1 Å². The minimum atomic E-state index is -0.656. The summed E-state index contributed by atoms with van der Waals surface area (Å²) in [6.45, 7) is 14.4. The summed E-state index contributed by atoms with van der Waals surface area (Å²) in [7, 11) is 3.45. The number of aromatic nitrogens is 2. The van der Waals surface area contributed by atoms with E-state index in [1.54, 1.807) is 35.0 Å². The van der Waals surface area contributed by atoms with E-state index in [1.165, 1.54) is 11.1 Å². The van der Waals surface area contributed by atoms with Crippen molar-refractivity contribution in [3.63, 3.8) is 0 Å². The van der Waals surface area contributed by atoms with Crippen LogP contribution in [0.25, 0.3) is 27.7 Å². The normalized spacial score (nSPS) is 16.0. The van der Waals surface area contributed by atoms with Gasteiger partial charge in [0.2, 0.25) is 0 Å². The average Bonchev–Trinajstić information content (AvgIpc) is 3.32. The molecule has 0 fully saturated rings. The van der Waals surface area contributed by atoms with Gasteiger partial charge in [-0.2, -0.15) is 0 Å². The maximum Gasteiger partial charge on any atom is 0.408 e. The molecule has 4 rings (SSSR count). The number of methoxy groups -OCH3 is 2. The van der Waals surface area contributed by atoms with Gasteiger partial charge in [-0.05, 0) is 86.9 Å². The van der Waals surface area contributed by atoms with Gasteiger partial charge in [0.15, 0.2) is 0 Å². The van der Waals surface area contributed by atoms with Crippen LogP contribution >= 0.6 is 0 Å². The monoisotopic (exact) mass is 604 g/mol. The van der Waals surface area contributed by atoms with Crippen molar-refractivity contribution in [1.29, 1.82) is 0 Å². The maximum absolute atomic E-state index is 12.3. The topological polar surface area (TPSA) is 106 Å². The second-order valence-electron chi connectivity index (χ2n) is 13.5. The molecule has 0 radical (unpaired) electrons. The van der Waals surface area contributed by atoms with Crippen LogP contribution in [0.1, 0.15) is 70.9 Å². The van der Waals surface area contributed by atoms with Crippen LogP contribution in [0.5, 0.6) is 0 Å². The number of alkyl carbamates (subject to hydrolysis) is 1. The average molecular weight is 605 g/mol. The highest BCUT2D eigenvalue weighted by Crippen LogP contribution is 2.39. The Morgan fingerprint density at radius 1 is 1.18 bits per heavy atom. The molecule has 3 heterocycles. The molecule has 1 aliphatic heterocycles. The van der Waals surface area contributed by atoms with Gasteiger partial charge in [-0.25, -0.2) is 4.79 Å². The fraction of sp³-hybridized carbons (Fsp3) is 0.514. The molecule has 0 saturated carbocycles. The van der Waals surface area contributed by atoms with Crippen molar-refractivity contribution in [3.05, 3.63) is 59.4 Å². The number of H-pyrrole nitrogens is 1. The Bertz CT molecular complexity index is 1490. The van der Waals surface area contributed by atoms with Crippen LogP contribution in [0, 0.1) is 5.41 Å². The third-order valence-corrected chi connectivity index (χ3v) is 7.87. The molecule has 1 aliphatic rings. The van der Waals surface area contributed by atoms with Crippen LogP contribution in [-0.2, 0) is 25.4 Å². The van der Waals surface area contributed by atoms with E-state index in [4.69, 9.17) is 19.2 Å². The fourth-order valence-corrected chi connectivity index (χ4v) is 5.88. The Hall–Kier alpha value is -3.53. The summed E-state index contributed by atoms with van der Waals surface area (Å²) in [4.78, 5) is 34.7. The van der Waals surface area contributed by atoms with E-state index < -0.39 is 17.7 Å². The van der Waals surface area contributed by atoms with E-state index in [9.17, 15) is 9.59 Å². The summed E-state index contributed by atoms with van der Waals surface area (Å²) in [5.74, 6) is 0. The standard InChI is InChI=1S/C35H48N4O5/c1-23(43-8)31-27(12-9-15-36-31)32-29(18-35(5,6)22-42-7)28-17-24(13-14-30(28)38-32)25-11-10-16-39(19-25)20-26(21-40)37-33(41)44-34(2,3)4/h9,11-15,17,21,23,26,38H,10,16,18-20,22H2,1-8H3,(H,37,41)/t23-,26-/m0/s1. The molecule has 44 heavy (non-hydrogen) atoms. The smallest absolute Gasteiger partial charge is 0.408 e. The van der Waals surface area contributed by atoms with Crippen LogP contribution in [0.15, 0.2) is 42.6 Å². The number of ether oxygens (including phenoxy) is 3. The number of carbonyl (C=O) groups is 2. The lowest BCUT2D eigenvalue weighted by Crippen LogP contribution is -2.47. The highest BCUT2D eigenvalue weighted by Gasteiger charge is 2.27. The molecule has 1 aromatic carbocycles. The minimum absolute atomic E-state index is 0.101. The fourth-order valence-electron chi connectivity index (χ4n) is 5.88. The molecule has 238 valence electrons. The molecule has 1 amide bonds. The van der Waals surface area contributed by atoms with Crippen molar-refractivity contribution in [3.8, 4) is 11.3 Å². The van der Waals surface area contributed by atoms with E-state index in [2.05, 4.69) is 59.4 Å². The number of rotatable bonds is 12. The van der Waals surface area contributed by atoms with Crippen molar-refractivity contribution in [2.24, 2.45) is 5.41 Å². The van der Waals surface area contributed by atoms with Gasteiger partial charge < -0.3 is 29.3 Å². The number of pyridine rings is 1.